The molecule has 2 atom stereocenters. The SMILES string of the molecule is CCC(C)CC(N)c1cccc(S(C)(=O)=O)c1. The highest BCUT2D eigenvalue weighted by atomic mass is 32.2. The highest BCUT2D eigenvalue weighted by molar-refractivity contribution is 7.90. The van der Waals surface area contributed by atoms with Crippen LogP contribution in [0.2, 0.25) is 0 Å². The summed E-state index contributed by atoms with van der Waals surface area (Å²) >= 11 is 0. The van der Waals surface area contributed by atoms with E-state index in [0.717, 1.165) is 18.4 Å². The first-order chi connectivity index (χ1) is 7.84. The molecule has 0 aliphatic rings. The molecule has 0 bridgehead atoms. The summed E-state index contributed by atoms with van der Waals surface area (Å²) in [6, 6.07) is 6.84. The summed E-state index contributed by atoms with van der Waals surface area (Å²) in [4.78, 5) is 0.342. The van der Waals surface area contributed by atoms with Gasteiger partial charge < -0.3 is 5.73 Å². The van der Waals surface area contributed by atoms with Gasteiger partial charge in [0.2, 0.25) is 0 Å². The molecule has 2 unspecified atom stereocenters. The number of rotatable bonds is 5. The van der Waals surface area contributed by atoms with Crippen molar-refractivity contribution in [2.24, 2.45) is 11.7 Å². The molecule has 17 heavy (non-hydrogen) atoms. The van der Waals surface area contributed by atoms with Gasteiger partial charge in [0.25, 0.3) is 0 Å². The molecule has 3 nitrogen and oxygen atoms in total. The van der Waals surface area contributed by atoms with Gasteiger partial charge in [-0.25, -0.2) is 8.42 Å². The Balaban J connectivity index is 2.92. The Morgan fingerprint density at radius 1 is 1.35 bits per heavy atom. The molecule has 4 heteroatoms. The van der Waals surface area contributed by atoms with Gasteiger partial charge in [-0.1, -0.05) is 32.4 Å². The van der Waals surface area contributed by atoms with Crippen LogP contribution in [0.25, 0.3) is 0 Å². The number of sulfone groups is 1. The highest BCUT2D eigenvalue weighted by Gasteiger charge is 2.13. The molecule has 0 aliphatic heterocycles. The van der Waals surface area contributed by atoms with E-state index in [1.54, 1.807) is 18.2 Å². The maximum absolute atomic E-state index is 11.4. The lowest BCUT2D eigenvalue weighted by Crippen LogP contribution is -2.14. The van der Waals surface area contributed by atoms with E-state index in [4.69, 9.17) is 5.73 Å². The predicted octanol–water partition coefficient (Wildman–Crippen LogP) is 2.53. The van der Waals surface area contributed by atoms with Crippen LogP contribution in [-0.2, 0) is 9.84 Å². The number of nitrogens with two attached hydrogens (primary N) is 1. The molecule has 2 N–H and O–H groups in total. The predicted molar refractivity (Wildman–Crippen MR) is 70.6 cm³/mol. The minimum absolute atomic E-state index is 0.0911. The van der Waals surface area contributed by atoms with Crippen LogP contribution >= 0.6 is 0 Å². The van der Waals surface area contributed by atoms with Crippen molar-refractivity contribution in [2.75, 3.05) is 6.26 Å². The van der Waals surface area contributed by atoms with Crippen molar-refractivity contribution in [3.63, 3.8) is 0 Å². The smallest absolute Gasteiger partial charge is 0.175 e. The summed E-state index contributed by atoms with van der Waals surface area (Å²) in [5.74, 6) is 0.548. The van der Waals surface area contributed by atoms with E-state index < -0.39 is 9.84 Å². The van der Waals surface area contributed by atoms with Crippen LogP contribution < -0.4 is 5.73 Å². The molecule has 96 valence electrons. The molecule has 0 heterocycles. The Morgan fingerprint density at radius 2 is 2.00 bits per heavy atom. The highest BCUT2D eigenvalue weighted by Crippen LogP contribution is 2.22. The average molecular weight is 255 g/mol. The van der Waals surface area contributed by atoms with Crippen LogP contribution in [0.4, 0.5) is 0 Å². The molecule has 0 saturated heterocycles. The van der Waals surface area contributed by atoms with E-state index in [0.29, 0.717) is 10.8 Å². The van der Waals surface area contributed by atoms with Gasteiger partial charge in [0.15, 0.2) is 9.84 Å². The molecular formula is C13H21NO2S. The second-order valence-electron chi connectivity index (χ2n) is 4.70. The van der Waals surface area contributed by atoms with Crippen LogP contribution in [-0.4, -0.2) is 14.7 Å². The number of hydrogen-bond acceptors (Lipinski definition) is 3. The molecular weight excluding hydrogens is 234 g/mol. The molecule has 0 aliphatic carbocycles. The summed E-state index contributed by atoms with van der Waals surface area (Å²) < 4.78 is 22.9. The van der Waals surface area contributed by atoms with E-state index in [-0.39, 0.29) is 6.04 Å². The fraction of sp³-hybridized carbons (Fsp3) is 0.538. The van der Waals surface area contributed by atoms with Crippen molar-refractivity contribution in [2.45, 2.75) is 37.6 Å². The van der Waals surface area contributed by atoms with Gasteiger partial charge in [-0.05, 0) is 30.0 Å². The van der Waals surface area contributed by atoms with Gasteiger partial charge in [0.05, 0.1) is 4.90 Å². The molecule has 0 aromatic heterocycles. The molecule has 0 fully saturated rings. The third-order valence-corrected chi connectivity index (χ3v) is 4.18. The lowest BCUT2D eigenvalue weighted by atomic mass is 9.95. The summed E-state index contributed by atoms with van der Waals surface area (Å²) in [5, 5.41) is 0. The Bertz CT molecular complexity index is 468. The second kappa shape index (κ2) is 5.65. The molecule has 0 spiro atoms. The molecule has 1 rings (SSSR count). The van der Waals surface area contributed by atoms with Crippen molar-refractivity contribution in [3.05, 3.63) is 29.8 Å². The first-order valence-electron chi connectivity index (χ1n) is 5.90. The summed E-state index contributed by atoms with van der Waals surface area (Å²) in [7, 11) is -3.15. The lowest BCUT2D eigenvalue weighted by molar-refractivity contribution is 0.461. The fourth-order valence-electron chi connectivity index (χ4n) is 1.71. The fourth-order valence-corrected chi connectivity index (χ4v) is 2.39. The van der Waals surface area contributed by atoms with E-state index >= 15 is 0 Å². The Hall–Kier alpha value is -0.870. The summed E-state index contributed by atoms with van der Waals surface area (Å²) in [6.45, 7) is 4.28. The number of hydrogen-bond donors (Lipinski definition) is 1. The normalized spacial score (nSPS) is 15.5. The van der Waals surface area contributed by atoms with Gasteiger partial charge in [-0.15, -0.1) is 0 Å². The molecule has 0 saturated carbocycles. The van der Waals surface area contributed by atoms with Crippen molar-refractivity contribution in [3.8, 4) is 0 Å². The van der Waals surface area contributed by atoms with Crippen molar-refractivity contribution >= 4 is 9.84 Å². The Kier molecular flexibility index (Phi) is 4.71. The second-order valence-corrected chi connectivity index (χ2v) is 6.72. The van der Waals surface area contributed by atoms with Crippen LogP contribution in [0.5, 0.6) is 0 Å². The quantitative estimate of drug-likeness (QED) is 0.879. The van der Waals surface area contributed by atoms with Crippen molar-refractivity contribution in [1.82, 2.24) is 0 Å². The van der Waals surface area contributed by atoms with Crippen LogP contribution in [0.3, 0.4) is 0 Å². The van der Waals surface area contributed by atoms with Crippen LogP contribution in [0, 0.1) is 5.92 Å². The first kappa shape index (κ1) is 14.2. The standard InChI is InChI=1S/C13H21NO2S/c1-4-10(2)8-13(14)11-6-5-7-12(9-11)17(3,15)16/h5-7,9-10,13H,4,8,14H2,1-3H3. The largest absolute Gasteiger partial charge is 0.324 e. The number of benzene rings is 1. The third-order valence-electron chi connectivity index (χ3n) is 3.07. The van der Waals surface area contributed by atoms with Gasteiger partial charge in [-0.3, -0.25) is 0 Å². The van der Waals surface area contributed by atoms with Crippen LogP contribution in [0.1, 0.15) is 38.3 Å². The minimum atomic E-state index is -3.15. The van der Waals surface area contributed by atoms with Gasteiger partial charge >= 0.3 is 0 Å². The molecule has 1 aromatic carbocycles. The summed E-state index contributed by atoms with van der Waals surface area (Å²) in [5.41, 5.74) is 6.99. The lowest BCUT2D eigenvalue weighted by Gasteiger charge is -2.16. The van der Waals surface area contributed by atoms with E-state index in [2.05, 4.69) is 13.8 Å². The van der Waals surface area contributed by atoms with Crippen LogP contribution in [0.15, 0.2) is 29.2 Å². The maximum atomic E-state index is 11.4. The zero-order valence-corrected chi connectivity index (χ0v) is 11.5. The van der Waals surface area contributed by atoms with Crippen molar-refractivity contribution < 1.29 is 8.42 Å². The van der Waals surface area contributed by atoms with E-state index in [9.17, 15) is 8.42 Å². The molecule has 1 aromatic rings. The van der Waals surface area contributed by atoms with E-state index in [1.807, 2.05) is 6.07 Å². The monoisotopic (exact) mass is 255 g/mol. The Labute approximate surface area is 104 Å². The van der Waals surface area contributed by atoms with Gasteiger partial charge in [0, 0.05) is 12.3 Å². The minimum Gasteiger partial charge on any atom is -0.324 e. The van der Waals surface area contributed by atoms with Gasteiger partial charge in [0.1, 0.15) is 0 Å². The third kappa shape index (κ3) is 4.13. The summed E-state index contributed by atoms with van der Waals surface area (Å²) in [6.07, 6.45) is 3.18. The maximum Gasteiger partial charge on any atom is 0.175 e. The molecule has 0 amide bonds. The van der Waals surface area contributed by atoms with Gasteiger partial charge in [-0.2, -0.15) is 0 Å². The topological polar surface area (TPSA) is 60.2 Å². The first-order valence-corrected chi connectivity index (χ1v) is 7.79. The average Bonchev–Trinajstić information content (AvgIpc) is 2.28. The Morgan fingerprint density at radius 3 is 2.53 bits per heavy atom. The zero-order valence-electron chi connectivity index (χ0n) is 10.7. The van der Waals surface area contributed by atoms with Crippen molar-refractivity contribution in [1.29, 1.82) is 0 Å². The molecule has 0 radical (unpaired) electrons. The van der Waals surface area contributed by atoms with E-state index in [1.165, 1.54) is 6.26 Å². The zero-order chi connectivity index (χ0) is 13.1.